The standard InChI is InChI=1S/C19H12N2O3/c22-19(23)14-8-3-7-13(11-14)17-20-21-18(24-17)16-10-4-6-12-5-1-2-9-15(12)16/h1-11H,(H,22,23). The summed E-state index contributed by atoms with van der Waals surface area (Å²) in [6.07, 6.45) is 0. The SMILES string of the molecule is O=C(O)c1cccc(-c2nnc(-c3cccc4ccccc34)o2)c1. The molecule has 0 aliphatic rings. The van der Waals surface area contributed by atoms with Gasteiger partial charge in [0.1, 0.15) is 0 Å². The predicted octanol–water partition coefficient (Wildman–Crippen LogP) is 4.26. The van der Waals surface area contributed by atoms with E-state index in [1.807, 2.05) is 42.5 Å². The van der Waals surface area contributed by atoms with Crippen molar-refractivity contribution in [2.24, 2.45) is 0 Å². The van der Waals surface area contributed by atoms with Crippen LogP contribution in [0.2, 0.25) is 0 Å². The van der Waals surface area contributed by atoms with Crippen LogP contribution in [0.1, 0.15) is 10.4 Å². The Bertz CT molecular complexity index is 1050. The van der Waals surface area contributed by atoms with E-state index in [0.717, 1.165) is 16.3 Å². The van der Waals surface area contributed by atoms with Crippen LogP contribution in [-0.2, 0) is 0 Å². The number of rotatable bonds is 3. The number of hydrogen-bond acceptors (Lipinski definition) is 4. The van der Waals surface area contributed by atoms with E-state index in [1.165, 1.54) is 12.1 Å². The molecule has 3 aromatic carbocycles. The summed E-state index contributed by atoms with van der Waals surface area (Å²) < 4.78 is 5.78. The van der Waals surface area contributed by atoms with Crippen LogP contribution in [0.15, 0.2) is 71.1 Å². The molecule has 5 nitrogen and oxygen atoms in total. The summed E-state index contributed by atoms with van der Waals surface area (Å²) in [5, 5.41) is 19.4. The van der Waals surface area contributed by atoms with Crippen LogP contribution in [0.25, 0.3) is 33.7 Å². The van der Waals surface area contributed by atoms with Gasteiger partial charge in [-0.05, 0) is 35.0 Å². The number of carboxylic acids is 1. The second-order valence-electron chi connectivity index (χ2n) is 5.33. The van der Waals surface area contributed by atoms with Crippen molar-refractivity contribution in [1.29, 1.82) is 0 Å². The van der Waals surface area contributed by atoms with Gasteiger partial charge < -0.3 is 9.52 Å². The molecule has 0 saturated heterocycles. The molecule has 116 valence electrons. The first-order valence-corrected chi connectivity index (χ1v) is 7.38. The average molecular weight is 316 g/mol. The normalized spacial score (nSPS) is 10.8. The molecule has 0 atom stereocenters. The molecule has 1 aromatic heterocycles. The molecule has 0 bridgehead atoms. The Morgan fingerprint density at radius 3 is 2.50 bits per heavy atom. The number of aromatic nitrogens is 2. The van der Waals surface area contributed by atoms with Crippen molar-refractivity contribution in [3.8, 4) is 22.9 Å². The molecule has 0 fully saturated rings. The largest absolute Gasteiger partial charge is 0.478 e. The molecule has 1 heterocycles. The number of hydrogen-bond donors (Lipinski definition) is 1. The maximum absolute atomic E-state index is 11.1. The van der Waals surface area contributed by atoms with Crippen LogP contribution in [0, 0.1) is 0 Å². The van der Waals surface area contributed by atoms with Gasteiger partial charge in [0.2, 0.25) is 11.8 Å². The Hall–Kier alpha value is -3.47. The van der Waals surface area contributed by atoms with E-state index in [-0.39, 0.29) is 5.56 Å². The minimum absolute atomic E-state index is 0.178. The number of carbonyl (C=O) groups is 1. The van der Waals surface area contributed by atoms with Gasteiger partial charge in [-0.1, -0.05) is 42.5 Å². The fourth-order valence-corrected chi connectivity index (χ4v) is 2.65. The third-order valence-electron chi connectivity index (χ3n) is 3.80. The van der Waals surface area contributed by atoms with Gasteiger partial charge in [0, 0.05) is 11.1 Å². The minimum atomic E-state index is -0.995. The number of fused-ring (bicyclic) bond motifs is 1. The van der Waals surface area contributed by atoms with Crippen LogP contribution in [0.3, 0.4) is 0 Å². The molecule has 4 aromatic rings. The molecule has 1 N–H and O–H groups in total. The first-order chi connectivity index (χ1) is 11.7. The molecule has 5 heteroatoms. The molecule has 0 amide bonds. The molecule has 0 spiro atoms. The van der Waals surface area contributed by atoms with Crippen molar-refractivity contribution >= 4 is 16.7 Å². The molecule has 0 radical (unpaired) electrons. The maximum atomic E-state index is 11.1. The van der Waals surface area contributed by atoms with Crippen molar-refractivity contribution in [3.05, 3.63) is 72.3 Å². The van der Waals surface area contributed by atoms with Crippen LogP contribution in [-0.4, -0.2) is 21.3 Å². The van der Waals surface area contributed by atoms with Gasteiger partial charge in [0.05, 0.1) is 5.56 Å². The van der Waals surface area contributed by atoms with E-state index in [2.05, 4.69) is 10.2 Å². The lowest BCUT2D eigenvalue weighted by molar-refractivity contribution is 0.0697. The molecule has 0 saturated carbocycles. The second-order valence-corrected chi connectivity index (χ2v) is 5.33. The average Bonchev–Trinajstić information content (AvgIpc) is 3.11. The fraction of sp³-hybridized carbons (Fsp3) is 0. The summed E-state index contributed by atoms with van der Waals surface area (Å²) in [7, 11) is 0. The van der Waals surface area contributed by atoms with E-state index >= 15 is 0 Å². The maximum Gasteiger partial charge on any atom is 0.335 e. The Morgan fingerprint density at radius 2 is 1.62 bits per heavy atom. The van der Waals surface area contributed by atoms with E-state index in [1.54, 1.807) is 12.1 Å². The fourth-order valence-electron chi connectivity index (χ4n) is 2.65. The van der Waals surface area contributed by atoms with Gasteiger partial charge in [-0.2, -0.15) is 0 Å². The number of aromatic carboxylic acids is 1. The van der Waals surface area contributed by atoms with E-state index < -0.39 is 5.97 Å². The second kappa shape index (κ2) is 5.62. The van der Waals surface area contributed by atoms with Crippen LogP contribution in [0.4, 0.5) is 0 Å². The summed E-state index contributed by atoms with van der Waals surface area (Å²) in [4.78, 5) is 11.1. The molecule has 0 unspecified atom stereocenters. The highest BCUT2D eigenvalue weighted by molar-refractivity contribution is 5.94. The lowest BCUT2D eigenvalue weighted by atomic mass is 10.0. The van der Waals surface area contributed by atoms with Crippen molar-refractivity contribution in [3.63, 3.8) is 0 Å². The number of carboxylic acid groups (broad SMARTS) is 1. The van der Waals surface area contributed by atoms with Gasteiger partial charge in [-0.3, -0.25) is 0 Å². The van der Waals surface area contributed by atoms with Crippen molar-refractivity contribution in [2.45, 2.75) is 0 Å². The highest BCUT2D eigenvalue weighted by atomic mass is 16.4. The quantitative estimate of drug-likeness (QED) is 0.611. The minimum Gasteiger partial charge on any atom is -0.478 e. The smallest absolute Gasteiger partial charge is 0.335 e. The lowest BCUT2D eigenvalue weighted by Crippen LogP contribution is -1.95. The third-order valence-corrected chi connectivity index (χ3v) is 3.80. The zero-order chi connectivity index (χ0) is 16.5. The Morgan fingerprint density at radius 1 is 0.875 bits per heavy atom. The van der Waals surface area contributed by atoms with Crippen LogP contribution >= 0.6 is 0 Å². The first kappa shape index (κ1) is 14.1. The lowest BCUT2D eigenvalue weighted by Gasteiger charge is -2.02. The summed E-state index contributed by atoms with van der Waals surface area (Å²) in [6.45, 7) is 0. The molecular formula is C19H12N2O3. The van der Waals surface area contributed by atoms with Crippen LogP contribution < -0.4 is 0 Å². The number of nitrogens with zero attached hydrogens (tertiary/aromatic N) is 2. The topological polar surface area (TPSA) is 76.2 Å². The van der Waals surface area contributed by atoms with Gasteiger partial charge >= 0.3 is 5.97 Å². The molecular weight excluding hydrogens is 304 g/mol. The Balaban J connectivity index is 1.80. The summed E-state index contributed by atoms with van der Waals surface area (Å²) in [5.41, 5.74) is 1.60. The molecule has 24 heavy (non-hydrogen) atoms. The van der Waals surface area contributed by atoms with Gasteiger partial charge in [-0.25, -0.2) is 4.79 Å². The zero-order valence-electron chi connectivity index (χ0n) is 12.5. The Kier molecular flexibility index (Phi) is 3.31. The summed E-state index contributed by atoms with van der Waals surface area (Å²) in [6, 6.07) is 20.3. The number of benzene rings is 3. The molecule has 4 rings (SSSR count). The van der Waals surface area contributed by atoms with Crippen molar-refractivity contribution < 1.29 is 14.3 Å². The van der Waals surface area contributed by atoms with Crippen molar-refractivity contribution in [1.82, 2.24) is 10.2 Å². The van der Waals surface area contributed by atoms with E-state index in [4.69, 9.17) is 9.52 Å². The highest BCUT2D eigenvalue weighted by Crippen LogP contribution is 2.29. The van der Waals surface area contributed by atoms with Gasteiger partial charge in [0.25, 0.3) is 0 Å². The predicted molar refractivity (Wildman–Crippen MR) is 89.6 cm³/mol. The molecule has 0 aliphatic heterocycles. The van der Waals surface area contributed by atoms with Crippen molar-refractivity contribution in [2.75, 3.05) is 0 Å². The van der Waals surface area contributed by atoms with E-state index in [0.29, 0.717) is 17.3 Å². The Labute approximate surface area is 137 Å². The zero-order valence-corrected chi connectivity index (χ0v) is 12.5. The highest BCUT2D eigenvalue weighted by Gasteiger charge is 2.14. The third kappa shape index (κ3) is 2.42. The first-order valence-electron chi connectivity index (χ1n) is 7.38. The van der Waals surface area contributed by atoms with E-state index in [9.17, 15) is 4.79 Å². The van der Waals surface area contributed by atoms with Gasteiger partial charge in [-0.15, -0.1) is 10.2 Å². The van der Waals surface area contributed by atoms with Gasteiger partial charge in [0.15, 0.2) is 0 Å². The monoisotopic (exact) mass is 316 g/mol. The summed E-state index contributed by atoms with van der Waals surface area (Å²) in [5.74, 6) is -0.297. The van der Waals surface area contributed by atoms with Crippen LogP contribution in [0.5, 0.6) is 0 Å². The molecule has 0 aliphatic carbocycles. The summed E-state index contributed by atoms with van der Waals surface area (Å²) >= 11 is 0.